The number of halogens is 1. The second-order valence-corrected chi connectivity index (χ2v) is 6.18. The van der Waals surface area contributed by atoms with Crippen LogP contribution < -0.4 is 4.90 Å². The predicted octanol–water partition coefficient (Wildman–Crippen LogP) is 1.86. The van der Waals surface area contributed by atoms with Gasteiger partial charge in [0.1, 0.15) is 0 Å². The van der Waals surface area contributed by atoms with E-state index in [1.807, 2.05) is 19.1 Å². The van der Waals surface area contributed by atoms with Crippen molar-refractivity contribution in [3.05, 3.63) is 28.8 Å². The fraction of sp³-hybridized carbons (Fsp3) is 0.500. The SMILES string of the molecule is Cc1ccc(N2C[C@H](C(=O)N3CCOCC3)CC2=O)cc1Cl. The molecular weight excluding hydrogens is 304 g/mol. The largest absolute Gasteiger partial charge is 0.378 e. The minimum atomic E-state index is -0.273. The van der Waals surface area contributed by atoms with Crippen LogP contribution in [0.15, 0.2) is 18.2 Å². The summed E-state index contributed by atoms with van der Waals surface area (Å²) >= 11 is 6.13. The van der Waals surface area contributed by atoms with E-state index in [-0.39, 0.29) is 24.2 Å². The highest BCUT2D eigenvalue weighted by atomic mass is 35.5. The van der Waals surface area contributed by atoms with E-state index in [4.69, 9.17) is 16.3 Å². The van der Waals surface area contributed by atoms with Crippen molar-refractivity contribution in [2.24, 2.45) is 5.92 Å². The average Bonchev–Trinajstić information content (AvgIpc) is 2.92. The lowest BCUT2D eigenvalue weighted by atomic mass is 10.1. The van der Waals surface area contributed by atoms with Gasteiger partial charge in [0, 0.05) is 36.8 Å². The number of aryl methyl sites for hydroxylation is 1. The zero-order chi connectivity index (χ0) is 15.7. The zero-order valence-electron chi connectivity index (χ0n) is 12.5. The van der Waals surface area contributed by atoms with Gasteiger partial charge < -0.3 is 14.5 Å². The standard InChI is InChI=1S/C16H19ClN2O3/c1-11-2-3-13(9-14(11)17)19-10-12(8-15(19)20)16(21)18-4-6-22-7-5-18/h2-3,9,12H,4-8,10H2,1H3/t12-/m1/s1. The Morgan fingerprint density at radius 1 is 1.32 bits per heavy atom. The molecule has 6 heteroatoms. The topological polar surface area (TPSA) is 49.9 Å². The Kier molecular flexibility index (Phi) is 4.36. The van der Waals surface area contributed by atoms with Gasteiger partial charge in [-0.05, 0) is 24.6 Å². The van der Waals surface area contributed by atoms with E-state index in [1.165, 1.54) is 0 Å². The number of benzene rings is 1. The van der Waals surface area contributed by atoms with Gasteiger partial charge in [-0.2, -0.15) is 0 Å². The number of carbonyl (C=O) groups excluding carboxylic acids is 2. The summed E-state index contributed by atoms with van der Waals surface area (Å²) in [4.78, 5) is 28.2. The first-order valence-corrected chi connectivity index (χ1v) is 7.87. The van der Waals surface area contributed by atoms with Crippen molar-refractivity contribution in [2.75, 3.05) is 37.7 Å². The number of amides is 2. The van der Waals surface area contributed by atoms with Gasteiger partial charge in [-0.1, -0.05) is 17.7 Å². The molecule has 0 spiro atoms. The molecule has 0 radical (unpaired) electrons. The number of morpholine rings is 1. The summed E-state index contributed by atoms with van der Waals surface area (Å²) in [7, 11) is 0. The van der Waals surface area contributed by atoms with E-state index in [1.54, 1.807) is 15.9 Å². The lowest BCUT2D eigenvalue weighted by molar-refractivity contribution is -0.139. The predicted molar refractivity (Wildman–Crippen MR) is 84.0 cm³/mol. The molecule has 0 unspecified atom stereocenters. The number of ether oxygens (including phenoxy) is 1. The fourth-order valence-electron chi connectivity index (χ4n) is 2.91. The van der Waals surface area contributed by atoms with Crippen LogP contribution in [0.1, 0.15) is 12.0 Å². The summed E-state index contributed by atoms with van der Waals surface area (Å²) in [6, 6.07) is 5.55. The molecule has 22 heavy (non-hydrogen) atoms. The molecule has 1 aromatic rings. The third-order valence-corrected chi connectivity index (χ3v) is 4.67. The van der Waals surface area contributed by atoms with Crippen LogP contribution in [0.5, 0.6) is 0 Å². The lowest BCUT2D eigenvalue weighted by Crippen LogP contribution is -2.44. The first-order chi connectivity index (χ1) is 10.6. The van der Waals surface area contributed by atoms with Crippen LogP contribution in [-0.4, -0.2) is 49.6 Å². The number of hydrogen-bond acceptors (Lipinski definition) is 3. The highest BCUT2D eigenvalue weighted by Gasteiger charge is 2.37. The van der Waals surface area contributed by atoms with Crippen LogP contribution >= 0.6 is 11.6 Å². The molecular formula is C16H19ClN2O3. The molecule has 2 aliphatic heterocycles. The van der Waals surface area contributed by atoms with E-state index in [0.717, 1.165) is 11.3 Å². The van der Waals surface area contributed by atoms with Crippen molar-refractivity contribution < 1.29 is 14.3 Å². The van der Waals surface area contributed by atoms with E-state index in [9.17, 15) is 9.59 Å². The Morgan fingerprint density at radius 3 is 2.73 bits per heavy atom. The van der Waals surface area contributed by atoms with Gasteiger partial charge in [-0.3, -0.25) is 9.59 Å². The Morgan fingerprint density at radius 2 is 2.05 bits per heavy atom. The zero-order valence-corrected chi connectivity index (χ0v) is 13.3. The summed E-state index contributed by atoms with van der Waals surface area (Å²) in [5.74, 6) is -0.241. The van der Waals surface area contributed by atoms with Crippen LogP contribution in [0.25, 0.3) is 0 Å². The Labute approximate surface area is 134 Å². The third kappa shape index (κ3) is 2.96. The van der Waals surface area contributed by atoms with Crippen molar-refractivity contribution in [1.82, 2.24) is 4.90 Å². The maximum absolute atomic E-state index is 12.5. The third-order valence-electron chi connectivity index (χ3n) is 4.26. The molecule has 2 saturated heterocycles. The summed E-state index contributed by atoms with van der Waals surface area (Å²) < 4.78 is 5.26. The van der Waals surface area contributed by atoms with E-state index < -0.39 is 0 Å². The molecule has 0 aliphatic carbocycles. The highest BCUT2D eigenvalue weighted by molar-refractivity contribution is 6.31. The van der Waals surface area contributed by atoms with Crippen molar-refractivity contribution in [1.29, 1.82) is 0 Å². The van der Waals surface area contributed by atoms with Gasteiger partial charge in [0.15, 0.2) is 0 Å². The molecule has 2 heterocycles. The molecule has 0 saturated carbocycles. The minimum Gasteiger partial charge on any atom is -0.378 e. The quantitative estimate of drug-likeness (QED) is 0.835. The molecule has 5 nitrogen and oxygen atoms in total. The van der Waals surface area contributed by atoms with Crippen LogP contribution in [0.2, 0.25) is 5.02 Å². The van der Waals surface area contributed by atoms with Crippen LogP contribution in [-0.2, 0) is 14.3 Å². The van der Waals surface area contributed by atoms with Crippen molar-refractivity contribution in [3.8, 4) is 0 Å². The van der Waals surface area contributed by atoms with Gasteiger partial charge in [0.25, 0.3) is 0 Å². The number of hydrogen-bond donors (Lipinski definition) is 0. The van der Waals surface area contributed by atoms with E-state index in [2.05, 4.69) is 0 Å². The number of nitrogens with zero attached hydrogens (tertiary/aromatic N) is 2. The smallest absolute Gasteiger partial charge is 0.228 e. The minimum absolute atomic E-state index is 0.0217. The maximum Gasteiger partial charge on any atom is 0.228 e. The van der Waals surface area contributed by atoms with Crippen molar-refractivity contribution in [2.45, 2.75) is 13.3 Å². The molecule has 1 atom stereocenters. The molecule has 0 N–H and O–H groups in total. The normalized spacial score (nSPS) is 22.3. The highest BCUT2D eigenvalue weighted by Crippen LogP contribution is 2.29. The van der Waals surface area contributed by atoms with Crippen molar-refractivity contribution >= 4 is 29.1 Å². The Hall–Kier alpha value is -1.59. The first kappa shape index (κ1) is 15.3. The molecule has 0 bridgehead atoms. The molecule has 1 aromatic carbocycles. The average molecular weight is 323 g/mol. The van der Waals surface area contributed by atoms with Gasteiger partial charge in [-0.15, -0.1) is 0 Å². The lowest BCUT2D eigenvalue weighted by Gasteiger charge is -2.29. The Bertz CT molecular complexity index is 599. The van der Waals surface area contributed by atoms with Crippen molar-refractivity contribution in [3.63, 3.8) is 0 Å². The second-order valence-electron chi connectivity index (χ2n) is 5.78. The second kappa shape index (κ2) is 6.26. The first-order valence-electron chi connectivity index (χ1n) is 7.49. The molecule has 2 fully saturated rings. The van der Waals surface area contributed by atoms with Gasteiger partial charge >= 0.3 is 0 Å². The van der Waals surface area contributed by atoms with Crippen LogP contribution in [0.4, 0.5) is 5.69 Å². The summed E-state index contributed by atoms with van der Waals surface area (Å²) in [6.45, 7) is 4.71. The van der Waals surface area contributed by atoms with E-state index in [0.29, 0.717) is 37.9 Å². The molecule has 118 valence electrons. The number of anilines is 1. The van der Waals surface area contributed by atoms with Gasteiger partial charge in [0.05, 0.1) is 19.1 Å². The molecule has 2 amide bonds. The molecule has 2 aliphatic rings. The van der Waals surface area contributed by atoms with Crippen LogP contribution in [0, 0.1) is 12.8 Å². The number of carbonyl (C=O) groups is 2. The maximum atomic E-state index is 12.5. The fourth-order valence-corrected chi connectivity index (χ4v) is 3.09. The van der Waals surface area contributed by atoms with E-state index >= 15 is 0 Å². The Balaban J connectivity index is 1.72. The monoisotopic (exact) mass is 322 g/mol. The summed E-state index contributed by atoms with van der Waals surface area (Å²) in [5.41, 5.74) is 1.73. The molecule has 3 rings (SSSR count). The van der Waals surface area contributed by atoms with Gasteiger partial charge in [-0.25, -0.2) is 0 Å². The molecule has 0 aromatic heterocycles. The summed E-state index contributed by atoms with van der Waals surface area (Å²) in [6.07, 6.45) is 0.266. The van der Waals surface area contributed by atoms with Gasteiger partial charge in [0.2, 0.25) is 11.8 Å². The number of rotatable bonds is 2. The summed E-state index contributed by atoms with van der Waals surface area (Å²) in [5, 5.41) is 0.633. The van der Waals surface area contributed by atoms with Crippen LogP contribution in [0.3, 0.4) is 0 Å².